The molecule has 1 aliphatic rings. The van der Waals surface area contributed by atoms with Crippen molar-refractivity contribution < 1.29 is 13.9 Å². The Morgan fingerprint density at radius 1 is 1.19 bits per heavy atom. The maximum Gasteiger partial charge on any atom is 0.161 e. The van der Waals surface area contributed by atoms with Crippen LogP contribution >= 0.6 is 0 Å². The molecule has 1 aliphatic heterocycles. The Labute approximate surface area is 154 Å². The molecule has 1 N–H and O–H groups in total. The molecule has 5 heteroatoms. The lowest BCUT2D eigenvalue weighted by Gasteiger charge is -2.28. The van der Waals surface area contributed by atoms with E-state index in [-0.39, 0.29) is 11.9 Å². The van der Waals surface area contributed by atoms with Gasteiger partial charge in [-0.1, -0.05) is 12.1 Å². The van der Waals surface area contributed by atoms with Crippen molar-refractivity contribution in [3.05, 3.63) is 58.9 Å². The average molecular weight is 358 g/mol. The molecule has 0 aromatic heterocycles. The van der Waals surface area contributed by atoms with Crippen molar-refractivity contribution in [2.75, 3.05) is 40.9 Å². The molecule has 0 saturated carbocycles. The van der Waals surface area contributed by atoms with Gasteiger partial charge < -0.3 is 19.7 Å². The van der Waals surface area contributed by atoms with E-state index in [0.717, 1.165) is 48.6 Å². The topological polar surface area (TPSA) is 33.7 Å². The lowest BCUT2D eigenvalue weighted by atomic mass is 9.89. The largest absolute Gasteiger partial charge is 0.493 e. The van der Waals surface area contributed by atoms with E-state index in [0.29, 0.717) is 6.61 Å². The highest BCUT2D eigenvalue weighted by Gasteiger charge is 2.24. The zero-order valence-corrected chi connectivity index (χ0v) is 15.7. The molecule has 0 radical (unpaired) electrons. The monoisotopic (exact) mass is 358 g/mol. The minimum Gasteiger partial charge on any atom is -0.493 e. The van der Waals surface area contributed by atoms with Crippen molar-refractivity contribution in [3.63, 3.8) is 0 Å². The smallest absolute Gasteiger partial charge is 0.161 e. The number of hydrogen-bond acceptors (Lipinski definition) is 4. The van der Waals surface area contributed by atoms with E-state index in [1.54, 1.807) is 19.2 Å². The van der Waals surface area contributed by atoms with Crippen LogP contribution in [0.25, 0.3) is 0 Å². The quantitative estimate of drug-likeness (QED) is 0.769. The van der Waals surface area contributed by atoms with Crippen LogP contribution in [0.1, 0.15) is 29.2 Å². The van der Waals surface area contributed by atoms with E-state index in [4.69, 9.17) is 9.47 Å². The van der Waals surface area contributed by atoms with Crippen LogP contribution in [0.2, 0.25) is 0 Å². The van der Waals surface area contributed by atoms with Crippen molar-refractivity contribution in [1.82, 2.24) is 10.2 Å². The Morgan fingerprint density at radius 3 is 2.77 bits per heavy atom. The SMILES string of the molecule is COc1cc2c(cc1OCCCN(C)C)C(c1cccc(F)c1)NCC2. The first-order valence-corrected chi connectivity index (χ1v) is 9.05. The molecule has 0 saturated heterocycles. The van der Waals surface area contributed by atoms with Crippen LogP contribution in [0.4, 0.5) is 4.39 Å². The van der Waals surface area contributed by atoms with Crippen LogP contribution in [0.5, 0.6) is 11.5 Å². The molecule has 140 valence electrons. The van der Waals surface area contributed by atoms with Crippen LogP contribution in [0.15, 0.2) is 36.4 Å². The van der Waals surface area contributed by atoms with Gasteiger partial charge in [0.1, 0.15) is 5.82 Å². The summed E-state index contributed by atoms with van der Waals surface area (Å²) in [5, 5.41) is 3.50. The Morgan fingerprint density at radius 2 is 2.04 bits per heavy atom. The zero-order chi connectivity index (χ0) is 18.5. The molecule has 26 heavy (non-hydrogen) atoms. The van der Waals surface area contributed by atoms with Crippen molar-refractivity contribution >= 4 is 0 Å². The highest BCUT2D eigenvalue weighted by molar-refractivity contribution is 5.51. The van der Waals surface area contributed by atoms with Gasteiger partial charge in [0.15, 0.2) is 11.5 Å². The van der Waals surface area contributed by atoms with E-state index in [1.807, 2.05) is 12.1 Å². The van der Waals surface area contributed by atoms with Gasteiger partial charge in [0, 0.05) is 13.1 Å². The number of nitrogens with zero attached hydrogens (tertiary/aromatic N) is 1. The summed E-state index contributed by atoms with van der Waals surface area (Å²) < 4.78 is 25.2. The molecule has 0 fully saturated rings. The lowest BCUT2D eigenvalue weighted by Crippen LogP contribution is -2.30. The molecule has 3 rings (SSSR count). The number of nitrogens with one attached hydrogen (secondary N) is 1. The number of hydrogen-bond donors (Lipinski definition) is 1. The third-order valence-corrected chi connectivity index (χ3v) is 4.67. The number of halogens is 1. The summed E-state index contributed by atoms with van der Waals surface area (Å²) in [4.78, 5) is 2.14. The molecule has 2 aromatic rings. The van der Waals surface area contributed by atoms with E-state index < -0.39 is 0 Å². The third-order valence-electron chi connectivity index (χ3n) is 4.67. The van der Waals surface area contributed by atoms with Gasteiger partial charge in [-0.05, 0) is 67.9 Å². The number of fused-ring (bicyclic) bond motifs is 1. The second kappa shape index (κ2) is 8.52. The molecule has 0 aliphatic carbocycles. The second-order valence-electron chi connectivity index (χ2n) is 6.90. The van der Waals surface area contributed by atoms with Crippen molar-refractivity contribution in [3.8, 4) is 11.5 Å². The molecule has 0 spiro atoms. The molecule has 0 amide bonds. The fourth-order valence-electron chi connectivity index (χ4n) is 3.38. The zero-order valence-electron chi connectivity index (χ0n) is 15.7. The number of ether oxygens (including phenoxy) is 2. The van der Waals surface area contributed by atoms with E-state index >= 15 is 0 Å². The van der Waals surface area contributed by atoms with Crippen molar-refractivity contribution in [1.29, 1.82) is 0 Å². The average Bonchev–Trinajstić information content (AvgIpc) is 2.63. The van der Waals surface area contributed by atoms with Crippen LogP contribution < -0.4 is 14.8 Å². The normalized spacial score (nSPS) is 16.4. The molecule has 0 bridgehead atoms. The first-order valence-electron chi connectivity index (χ1n) is 9.05. The minimum atomic E-state index is -0.218. The van der Waals surface area contributed by atoms with E-state index in [2.05, 4.69) is 30.4 Å². The van der Waals surface area contributed by atoms with Gasteiger partial charge in [0.05, 0.1) is 19.8 Å². The standard InChI is InChI=1S/C21H27FN2O2/c1-24(2)10-5-11-26-20-14-18-15(13-19(20)25-3)8-9-23-21(18)16-6-4-7-17(22)12-16/h4,6-7,12-14,21,23H,5,8-11H2,1-3H3. The Hall–Kier alpha value is -2.11. The van der Waals surface area contributed by atoms with Gasteiger partial charge in [-0.25, -0.2) is 4.39 Å². The minimum absolute atomic E-state index is 0.0375. The van der Waals surface area contributed by atoms with Gasteiger partial charge >= 0.3 is 0 Å². The molecule has 2 aromatic carbocycles. The predicted octanol–water partition coefficient (Wildman–Crippen LogP) is 3.40. The number of rotatable bonds is 7. The number of benzene rings is 2. The summed E-state index contributed by atoms with van der Waals surface area (Å²) >= 11 is 0. The fraction of sp³-hybridized carbons (Fsp3) is 0.429. The third kappa shape index (κ3) is 4.34. The maximum absolute atomic E-state index is 13.7. The van der Waals surface area contributed by atoms with Gasteiger partial charge in [-0.3, -0.25) is 0 Å². The lowest BCUT2D eigenvalue weighted by molar-refractivity contribution is 0.267. The van der Waals surface area contributed by atoms with E-state index in [1.165, 1.54) is 11.6 Å². The van der Waals surface area contributed by atoms with Crippen LogP contribution in [0.3, 0.4) is 0 Å². The maximum atomic E-state index is 13.7. The molecular weight excluding hydrogens is 331 g/mol. The first kappa shape index (κ1) is 18.7. The molecule has 1 atom stereocenters. The number of methoxy groups -OCH3 is 1. The predicted molar refractivity (Wildman–Crippen MR) is 102 cm³/mol. The fourth-order valence-corrected chi connectivity index (χ4v) is 3.38. The van der Waals surface area contributed by atoms with E-state index in [9.17, 15) is 4.39 Å². The highest BCUT2D eigenvalue weighted by atomic mass is 19.1. The summed E-state index contributed by atoms with van der Waals surface area (Å²) in [6.45, 7) is 2.45. The van der Waals surface area contributed by atoms with Gasteiger partial charge in [-0.15, -0.1) is 0 Å². The molecule has 1 heterocycles. The second-order valence-corrected chi connectivity index (χ2v) is 6.90. The Kier molecular flexibility index (Phi) is 6.12. The van der Waals surface area contributed by atoms with Gasteiger partial charge in [0.25, 0.3) is 0 Å². The summed E-state index contributed by atoms with van der Waals surface area (Å²) in [5.74, 6) is 1.29. The first-order chi connectivity index (χ1) is 12.6. The van der Waals surface area contributed by atoms with Crippen LogP contribution in [-0.4, -0.2) is 45.8 Å². The van der Waals surface area contributed by atoms with Gasteiger partial charge in [0.2, 0.25) is 0 Å². The summed E-state index contributed by atoms with van der Waals surface area (Å²) in [6, 6.07) is 10.8. The summed E-state index contributed by atoms with van der Waals surface area (Å²) in [5.41, 5.74) is 3.27. The Balaban J connectivity index is 1.87. The summed E-state index contributed by atoms with van der Waals surface area (Å²) in [7, 11) is 5.77. The van der Waals surface area contributed by atoms with Crippen molar-refractivity contribution in [2.45, 2.75) is 18.9 Å². The molecule has 1 unspecified atom stereocenters. The molecule has 4 nitrogen and oxygen atoms in total. The Bertz CT molecular complexity index is 749. The highest BCUT2D eigenvalue weighted by Crippen LogP contribution is 2.37. The van der Waals surface area contributed by atoms with Crippen LogP contribution in [0, 0.1) is 5.82 Å². The summed E-state index contributed by atoms with van der Waals surface area (Å²) in [6.07, 6.45) is 1.86. The van der Waals surface area contributed by atoms with Crippen LogP contribution in [-0.2, 0) is 6.42 Å². The van der Waals surface area contributed by atoms with Crippen molar-refractivity contribution in [2.24, 2.45) is 0 Å². The molecular formula is C21H27FN2O2. The van der Waals surface area contributed by atoms with Gasteiger partial charge in [-0.2, -0.15) is 0 Å².